The topological polar surface area (TPSA) is 59.9 Å². The standard InChI is InChI=1S/C22H32N4OS.HI/c1-3-23-22(25-15-21-9-4-17(2)28-21)24-14-18-5-7-19(8-6-18)16-26-12-10-20(27)11-13-26;/h4-9,20,27H,3,10-16H2,1-2H3,(H2,23,24,25);1H. The molecule has 1 aromatic heterocycles. The number of aliphatic hydroxyl groups is 1. The summed E-state index contributed by atoms with van der Waals surface area (Å²) in [6.45, 7) is 9.44. The number of halogens is 1. The normalized spacial score (nSPS) is 15.8. The molecule has 0 saturated carbocycles. The van der Waals surface area contributed by atoms with Crippen LogP contribution in [0.5, 0.6) is 0 Å². The number of hydrogen-bond donors (Lipinski definition) is 3. The molecule has 7 heteroatoms. The number of hydrogen-bond acceptors (Lipinski definition) is 4. The van der Waals surface area contributed by atoms with Gasteiger partial charge >= 0.3 is 0 Å². The largest absolute Gasteiger partial charge is 0.393 e. The molecule has 3 N–H and O–H groups in total. The van der Waals surface area contributed by atoms with E-state index in [0.717, 1.165) is 51.5 Å². The Bertz CT molecular complexity index is 754. The maximum atomic E-state index is 9.63. The highest BCUT2D eigenvalue weighted by atomic mass is 127. The monoisotopic (exact) mass is 528 g/mol. The van der Waals surface area contributed by atoms with Gasteiger partial charge in [-0.2, -0.15) is 0 Å². The van der Waals surface area contributed by atoms with Crippen molar-refractivity contribution in [2.45, 2.75) is 52.4 Å². The van der Waals surface area contributed by atoms with Gasteiger partial charge in [0.2, 0.25) is 0 Å². The van der Waals surface area contributed by atoms with Crippen molar-refractivity contribution in [2.75, 3.05) is 19.6 Å². The second-order valence-electron chi connectivity index (χ2n) is 7.38. The summed E-state index contributed by atoms with van der Waals surface area (Å²) in [6, 6.07) is 13.1. The Kier molecular flexibility index (Phi) is 10.4. The fraction of sp³-hybridized carbons (Fsp3) is 0.500. The lowest BCUT2D eigenvalue weighted by molar-refractivity contribution is 0.0792. The van der Waals surface area contributed by atoms with Crippen LogP contribution in [-0.2, 0) is 19.6 Å². The molecule has 1 saturated heterocycles. The number of aryl methyl sites for hydroxylation is 1. The lowest BCUT2D eigenvalue weighted by Crippen LogP contribution is -2.36. The van der Waals surface area contributed by atoms with Crippen molar-refractivity contribution in [1.82, 2.24) is 15.5 Å². The van der Waals surface area contributed by atoms with E-state index in [9.17, 15) is 5.11 Å². The van der Waals surface area contributed by atoms with Crippen LogP contribution in [0.4, 0.5) is 0 Å². The minimum atomic E-state index is -0.111. The highest BCUT2D eigenvalue weighted by Crippen LogP contribution is 2.15. The molecular weight excluding hydrogens is 495 g/mol. The van der Waals surface area contributed by atoms with E-state index in [4.69, 9.17) is 4.99 Å². The van der Waals surface area contributed by atoms with Gasteiger partial charge in [-0.25, -0.2) is 4.99 Å². The molecule has 5 nitrogen and oxygen atoms in total. The summed E-state index contributed by atoms with van der Waals surface area (Å²) in [5.41, 5.74) is 2.53. The van der Waals surface area contributed by atoms with Gasteiger partial charge < -0.3 is 15.7 Å². The number of nitrogens with zero attached hydrogens (tertiary/aromatic N) is 2. The molecular formula is C22H33IN4OS. The average molecular weight is 529 g/mol. The smallest absolute Gasteiger partial charge is 0.191 e. The van der Waals surface area contributed by atoms with Crippen molar-refractivity contribution in [2.24, 2.45) is 4.99 Å². The molecule has 0 aliphatic carbocycles. The van der Waals surface area contributed by atoms with Crippen LogP contribution in [-0.4, -0.2) is 41.7 Å². The first-order valence-electron chi connectivity index (χ1n) is 10.2. The molecule has 2 aromatic rings. The number of piperidine rings is 1. The van der Waals surface area contributed by atoms with Gasteiger partial charge in [0.1, 0.15) is 0 Å². The molecule has 1 aliphatic rings. The van der Waals surface area contributed by atoms with Crippen molar-refractivity contribution in [1.29, 1.82) is 0 Å². The van der Waals surface area contributed by atoms with Crippen molar-refractivity contribution >= 4 is 41.3 Å². The van der Waals surface area contributed by atoms with Crippen molar-refractivity contribution in [3.05, 3.63) is 57.3 Å². The second kappa shape index (κ2) is 12.5. The molecule has 0 amide bonds. The lowest BCUT2D eigenvalue weighted by Gasteiger charge is -2.29. The Morgan fingerprint density at radius 1 is 1.10 bits per heavy atom. The van der Waals surface area contributed by atoms with Gasteiger partial charge in [0.25, 0.3) is 0 Å². The zero-order valence-corrected chi connectivity index (χ0v) is 20.5. The van der Waals surface area contributed by atoms with Crippen LogP contribution in [0, 0.1) is 6.92 Å². The Morgan fingerprint density at radius 3 is 2.41 bits per heavy atom. The Hall–Kier alpha value is -1.16. The number of nitrogens with one attached hydrogen (secondary N) is 2. The number of benzene rings is 1. The van der Waals surface area contributed by atoms with Gasteiger partial charge in [-0.15, -0.1) is 35.3 Å². The Balaban J connectivity index is 0.00000300. The van der Waals surface area contributed by atoms with E-state index in [-0.39, 0.29) is 30.1 Å². The van der Waals surface area contributed by atoms with Crippen LogP contribution < -0.4 is 10.6 Å². The van der Waals surface area contributed by atoms with Gasteiger partial charge in [-0.05, 0) is 49.9 Å². The molecule has 0 unspecified atom stereocenters. The Labute approximate surface area is 195 Å². The van der Waals surface area contributed by atoms with E-state index in [1.807, 2.05) is 11.3 Å². The van der Waals surface area contributed by atoms with Gasteiger partial charge in [0, 0.05) is 35.9 Å². The number of thiophene rings is 1. The summed E-state index contributed by atoms with van der Waals surface area (Å²) < 4.78 is 0. The van der Waals surface area contributed by atoms with Crippen LogP contribution >= 0.6 is 35.3 Å². The molecule has 160 valence electrons. The maximum absolute atomic E-state index is 9.63. The van der Waals surface area contributed by atoms with E-state index < -0.39 is 0 Å². The predicted molar refractivity (Wildman–Crippen MR) is 133 cm³/mol. The minimum Gasteiger partial charge on any atom is -0.393 e. The molecule has 1 aromatic carbocycles. The van der Waals surface area contributed by atoms with Crippen molar-refractivity contribution < 1.29 is 5.11 Å². The van der Waals surface area contributed by atoms with E-state index in [1.54, 1.807) is 0 Å². The number of likely N-dealkylation sites (tertiary alicyclic amines) is 1. The van der Waals surface area contributed by atoms with E-state index in [2.05, 4.69) is 65.8 Å². The third kappa shape index (κ3) is 8.24. The van der Waals surface area contributed by atoms with Gasteiger partial charge in [-0.3, -0.25) is 4.90 Å². The number of guanidine groups is 1. The number of aliphatic imine (C=N–C) groups is 1. The molecule has 1 aliphatic heterocycles. The summed E-state index contributed by atoms with van der Waals surface area (Å²) in [6.07, 6.45) is 1.66. The van der Waals surface area contributed by atoms with Crippen LogP contribution in [0.15, 0.2) is 41.4 Å². The molecule has 2 heterocycles. The summed E-state index contributed by atoms with van der Waals surface area (Å²) >= 11 is 1.81. The summed E-state index contributed by atoms with van der Waals surface area (Å²) in [5.74, 6) is 0.851. The van der Waals surface area contributed by atoms with E-state index >= 15 is 0 Å². The summed E-state index contributed by atoms with van der Waals surface area (Å²) in [5, 5.41) is 16.4. The molecule has 0 radical (unpaired) electrons. The van der Waals surface area contributed by atoms with Crippen LogP contribution in [0.2, 0.25) is 0 Å². The molecule has 0 bridgehead atoms. The first-order valence-corrected chi connectivity index (χ1v) is 11.0. The first-order chi connectivity index (χ1) is 13.6. The maximum Gasteiger partial charge on any atom is 0.191 e. The van der Waals surface area contributed by atoms with E-state index in [0.29, 0.717) is 6.54 Å². The molecule has 29 heavy (non-hydrogen) atoms. The Morgan fingerprint density at radius 2 is 1.79 bits per heavy atom. The zero-order valence-electron chi connectivity index (χ0n) is 17.4. The quantitative estimate of drug-likeness (QED) is 0.290. The third-order valence-electron chi connectivity index (χ3n) is 4.98. The van der Waals surface area contributed by atoms with Crippen molar-refractivity contribution in [3.8, 4) is 0 Å². The highest BCUT2D eigenvalue weighted by Gasteiger charge is 2.16. The van der Waals surface area contributed by atoms with Crippen LogP contribution in [0.25, 0.3) is 0 Å². The van der Waals surface area contributed by atoms with Crippen LogP contribution in [0.1, 0.15) is 40.6 Å². The van der Waals surface area contributed by atoms with E-state index in [1.165, 1.54) is 20.9 Å². The molecule has 0 atom stereocenters. The minimum absolute atomic E-state index is 0. The lowest BCUT2D eigenvalue weighted by atomic mass is 10.1. The molecule has 3 rings (SSSR count). The fourth-order valence-electron chi connectivity index (χ4n) is 3.35. The predicted octanol–water partition coefficient (Wildman–Crippen LogP) is 3.89. The van der Waals surface area contributed by atoms with Crippen LogP contribution in [0.3, 0.4) is 0 Å². The molecule has 0 spiro atoms. The summed E-state index contributed by atoms with van der Waals surface area (Å²) in [4.78, 5) is 9.79. The highest BCUT2D eigenvalue weighted by molar-refractivity contribution is 14.0. The zero-order chi connectivity index (χ0) is 19.8. The average Bonchev–Trinajstić information content (AvgIpc) is 3.12. The first kappa shape index (κ1) is 24.1. The SMILES string of the molecule is CCNC(=NCc1ccc(CN2CCC(O)CC2)cc1)NCc1ccc(C)s1.I. The van der Waals surface area contributed by atoms with Crippen molar-refractivity contribution in [3.63, 3.8) is 0 Å². The van der Waals surface area contributed by atoms with Gasteiger partial charge in [-0.1, -0.05) is 24.3 Å². The van der Waals surface area contributed by atoms with Gasteiger partial charge in [0.15, 0.2) is 5.96 Å². The number of aliphatic hydroxyl groups excluding tert-OH is 1. The molecule has 1 fully saturated rings. The second-order valence-corrected chi connectivity index (χ2v) is 8.76. The summed E-state index contributed by atoms with van der Waals surface area (Å²) in [7, 11) is 0. The fourth-order valence-corrected chi connectivity index (χ4v) is 4.18. The van der Waals surface area contributed by atoms with Gasteiger partial charge in [0.05, 0.1) is 19.2 Å². The third-order valence-corrected chi connectivity index (χ3v) is 5.98. The number of rotatable bonds is 7.